The molecule has 0 saturated heterocycles. The van der Waals surface area contributed by atoms with Crippen LogP contribution in [0.25, 0.3) is 0 Å². The number of halogens is 2. The van der Waals surface area contributed by atoms with Crippen LogP contribution in [0.3, 0.4) is 0 Å². The largest absolute Gasteiger partial charge is 0.353 e. The summed E-state index contributed by atoms with van der Waals surface area (Å²) in [6.45, 7) is 0. The summed E-state index contributed by atoms with van der Waals surface area (Å²) in [7, 11) is 0. The van der Waals surface area contributed by atoms with Crippen molar-refractivity contribution in [2.45, 2.75) is 0 Å². The van der Waals surface area contributed by atoms with Gasteiger partial charge in [0.15, 0.2) is 0 Å². The lowest BCUT2D eigenvalue weighted by molar-refractivity contribution is 1.46. The van der Waals surface area contributed by atoms with Gasteiger partial charge in [-0.15, -0.1) is 0 Å². The molecule has 0 amide bonds. The van der Waals surface area contributed by atoms with Crippen molar-refractivity contribution in [3.05, 3.63) is 58.1 Å². The number of benzene rings is 2. The van der Waals surface area contributed by atoms with E-state index in [0.717, 1.165) is 0 Å². The van der Waals surface area contributed by atoms with Crippen molar-refractivity contribution in [2.75, 3.05) is 5.32 Å². The van der Waals surface area contributed by atoms with Gasteiger partial charge in [0.1, 0.15) is 6.07 Å². The molecular formula is C13H8Cl2N2. The van der Waals surface area contributed by atoms with E-state index in [0.29, 0.717) is 27.0 Å². The van der Waals surface area contributed by atoms with Crippen LogP contribution in [0.15, 0.2) is 42.5 Å². The van der Waals surface area contributed by atoms with Crippen molar-refractivity contribution in [3.63, 3.8) is 0 Å². The Morgan fingerprint density at radius 1 is 1.00 bits per heavy atom. The predicted octanol–water partition coefficient (Wildman–Crippen LogP) is 4.61. The smallest absolute Gasteiger partial charge is 0.101 e. The highest BCUT2D eigenvalue weighted by molar-refractivity contribution is 6.35. The first-order chi connectivity index (χ1) is 8.20. The van der Waals surface area contributed by atoms with Crippen molar-refractivity contribution >= 4 is 34.6 Å². The van der Waals surface area contributed by atoms with Gasteiger partial charge >= 0.3 is 0 Å². The first kappa shape index (κ1) is 11.8. The lowest BCUT2D eigenvalue weighted by Crippen LogP contribution is -1.94. The van der Waals surface area contributed by atoms with Gasteiger partial charge in [-0.1, -0.05) is 35.3 Å². The highest BCUT2D eigenvalue weighted by Gasteiger charge is 2.04. The van der Waals surface area contributed by atoms with E-state index in [1.807, 2.05) is 18.2 Å². The van der Waals surface area contributed by atoms with E-state index in [2.05, 4.69) is 11.4 Å². The molecule has 2 nitrogen and oxygen atoms in total. The third kappa shape index (κ3) is 2.71. The molecule has 0 aliphatic carbocycles. The van der Waals surface area contributed by atoms with Gasteiger partial charge < -0.3 is 5.32 Å². The van der Waals surface area contributed by atoms with Crippen molar-refractivity contribution in [2.24, 2.45) is 0 Å². The van der Waals surface area contributed by atoms with E-state index in [4.69, 9.17) is 28.5 Å². The molecule has 0 atom stereocenters. The maximum Gasteiger partial charge on any atom is 0.101 e. The Hall–Kier alpha value is -1.69. The Kier molecular flexibility index (Phi) is 3.53. The van der Waals surface area contributed by atoms with Crippen LogP contribution >= 0.6 is 23.2 Å². The summed E-state index contributed by atoms with van der Waals surface area (Å²) in [6.07, 6.45) is 0. The molecule has 17 heavy (non-hydrogen) atoms. The van der Waals surface area contributed by atoms with E-state index < -0.39 is 0 Å². The zero-order valence-electron chi connectivity index (χ0n) is 8.74. The fourth-order valence-corrected chi connectivity index (χ4v) is 1.76. The number of rotatable bonds is 2. The number of anilines is 2. The van der Waals surface area contributed by atoms with Gasteiger partial charge in [0.05, 0.1) is 22.0 Å². The van der Waals surface area contributed by atoms with Crippen molar-refractivity contribution in [3.8, 4) is 6.07 Å². The molecule has 0 unspecified atom stereocenters. The summed E-state index contributed by atoms with van der Waals surface area (Å²) in [6, 6.07) is 14.5. The molecular weight excluding hydrogens is 255 g/mol. The third-order valence-electron chi connectivity index (χ3n) is 2.25. The lowest BCUT2D eigenvalue weighted by atomic mass is 10.2. The molecule has 0 aliphatic heterocycles. The Bertz CT molecular complexity index is 588. The molecule has 1 N–H and O–H groups in total. The van der Waals surface area contributed by atoms with E-state index in [1.165, 1.54) is 0 Å². The average Bonchev–Trinajstić information content (AvgIpc) is 2.34. The van der Waals surface area contributed by atoms with Crippen LogP contribution in [-0.4, -0.2) is 0 Å². The molecule has 2 aromatic rings. The maximum atomic E-state index is 8.97. The maximum absolute atomic E-state index is 8.97. The standard InChI is InChI=1S/C13H8Cl2N2/c14-10-5-6-11(15)13(7-10)17-12-4-2-1-3-9(12)8-16/h1-7,17H. The summed E-state index contributed by atoms with van der Waals surface area (Å²) in [4.78, 5) is 0. The summed E-state index contributed by atoms with van der Waals surface area (Å²) < 4.78 is 0. The quantitative estimate of drug-likeness (QED) is 0.858. The van der Waals surface area contributed by atoms with Crippen LogP contribution in [0.5, 0.6) is 0 Å². The van der Waals surface area contributed by atoms with Crippen LogP contribution in [0, 0.1) is 11.3 Å². The van der Waals surface area contributed by atoms with Gasteiger partial charge in [0.25, 0.3) is 0 Å². The topological polar surface area (TPSA) is 35.8 Å². The lowest BCUT2D eigenvalue weighted by Gasteiger charge is -2.09. The molecule has 0 fully saturated rings. The highest BCUT2D eigenvalue weighted by atomic mass is 35.5. The normalized spacial score (nSPS) is 9.71. The van der Waals surface area contributed by atoms with E-state index in [-0.39, 0.29) is 0 Å². The average molecular weight is 263 g/mol. The Balaban J connectivity index is 2.38. The first-order valence-electron chi connectivity index (χ1n) is 4.92. The van der Waals surface area contributed by atoms with Gasteiger partial charge in [-0.05, 0) is 30.3 Å². The molecule has 0 aliphatic rings. The molecule has 0 aromatic heterocycles. The van der Waals surface area contributed by atoms with Crippen molar-refractivity contribution in [1.29, 1.82) is 5.26 Å². The summed E-state index contributed by atoms with van der Waals surface area (Å²) in [5, 5.41) is 13.2. The van der Waals surface area contributed by atoms with Crippen LogP contribution in [0.1, 0.15) is 5.56 Å². The Labute approximate surface area is 109 Å². The number of hydrogen-bond acceptors (Lipinski definition) is 2. The fraction of sp³-hybridized carbons (Fsp3) is 0. The van der Waals surface area contributed by atoms with E-state index in [1.54, 1.807) is 24.3 Å². The van der Waals surface area contributed by atoms with E-state index in [9.17, 15) is 0 Å². The number of nitriles is 1. The van der Waals surface area contributed by atoms with Crippen LogP contribution in [0.2, 0.25) is 10.0 Å². The van der Waals surface area contributed by atoms with Gasteiger partial charge in [-0.3, -0.25) is 0 Å². The van der Waals surface area contributed by atoms with Gasteiger partial charge in [0.2, 0.25) is 0 Å². The monoisotopic (exact) mass is 262 g/mol. The second-order valence-electron chi connectivity index (χ2n) is 3.41. The summed E-state index contributed by atoms with van der Waals surface area (Å²) in [5.74, 6) is 0. The number of para-hydroxylation sites is 1. The van der Waals surface area contributed by atoms with Gasteiger partial charge in [0, 0.05) is 5.02 Å². The summed E-state index contributed by atoms with van der Waals surface area (Å²) in [5.41, 5.74) is 1.95. The molecule has 0 heterocycles. The zero-order chi connectivity index (χ0) is 12.3. The number of nitrogens with one attached hydrogen (secondary N) is 1. The van der Waals surface area contributed by atoms with Gasteiger partial charge in [-0.25, -0.2) is 0 Å². The van der Waals surface area contributed by atoms with Crippen LogP contribution in [0.4, 0.5) is 11.4 Å². The second-order valence-corrected chi connectivity index (χ2v) is 4.25. The molecule has 2 rings (SSSR count). The molecule has 2 aromatic carbocycles. The summed E-state index contributed by atoms with van der Waals surface area (Å²) >= 11 is 11.9. The third-order valence-corrected chi connectivity index (χ3v) is 2.81. The molecule has 84 valence electrons. The molecule has 0 spiro atoms. The Morgan fingerprint density at radius 2 is 1.76 bits per heavy atom. The fourth-order valence-electron chi connectivity index (χ4n) is 1.43. The second kappa shape index (κ2) is 5.09. The molecule has 0 radical (unpaired) electrons. The van der Waals surface area contributed by atoms with Gasteiger partial charge in [-0.2, -0.15) is 5.26 Å². The molecule has 0 bridgehead atoms. The minimum atomic E-state index is 0.558. The first-order valence-corrected chi connectivity index (χ1v) is 5.67. The van der Waals surface area contributed by atoms with E-state index >= 15 is 0 Å². The van der Waals surface area contributed by atoms with Crippen molar-refractivity contribution in [1.82, 2.24) is 0 Å². The number of nitrogens with zero attached hydrogens (tertiary/aromatic N) is 1. The molecule has 4 heteroatoms. The predicted molar refractivity (Wildman–Crippen MR) is 70.9 cm³/mol. The minimum absolute atomic E-state index is 0.558. The van der Waals surface area contributed by atoms with Crippen LogP contribution in [-0.2, 0) is 0 Å². The Morgan fingerprint density at radius 3 is 2.53 bits per heavy atom. The zero-order valence-corrected chi connectivity index (χ0v) is 10.3. The molecule has 0 saturated carbocycles. The highest BCUT2D eigenvalue weighted by Crippen LogP contribution is 2.29. The SMILES string of the molecule is N#Cc1ccccc1Nc1cc(Cl)ccc1Cl. The number of hydrogen-bond donors (Lipinski definition) is 1. The van der Waals surface area contributed by atoms with Crippen molar-refractivity contribution < 1.29 is 0 Å². The minimum Gasteiger partial charge on any atom is -0.353 e. The van der Waals surface area contributed by atoms with Crippen LogP contribution < -0.4 is 5.32 Å².